The van der Waals surface area contributed by atoms with E-state index in [9.17, 15) is 14.4 Å². The molecule has 0 heterocycles. The Morgan fingerprint density at radius 2 is 0.398 bits per heavy atom. The van der Waals surface area contributed by atoms with Gasteiger partial charge in [-0.2, -0.15) is 0 Å². The van der Waals surface area contributed by atoms with Crippen LogP contribution in [0.25, 0.3) is 0 Å². The molecule has 0 aliphatic carbocycles. The molecule has 0 aromatic carbocycles. The van der Waals surface area contributed by atoms with Crippen LogP contribution in [0.3, 0.4) is 0 Å². The quantitative estimate of drug-likeness (QED) is 0.0261. The number of unbranched alkanes of at least 4 members (excludes halogenated alkanes) is 56. The molecule has 6 nitrogen and oxygen atoms in total. The van der Waals surface area contributed by atoms with Crippen LogP contribution in [0.15, 0.2) is 24.3 Å². The van der Waals surface area contributed by atoms with Crippen LogP contribution in [0.5, 0.6) is 0 Å². The van der Waals surface area contributed by atoms with Gasteiger partial charge < -0.3 is 14.2 Å². The van der Waals surface area contributed by atoms with E-state index in [1.54, 1.807) is 0 Å². The molecule has 0 rings (SSSR count). The molecule has 0 saturated carbocycles. The van der Waals surface area contributed by atoms with Gasteiger partial charge in [-0.05, 0) is 70.6 Å². The van der Waals surface area contributed by atoms with Gasteiger partial charge >= 0.3 is 17.9 Å². The first-order valence-electron chi connectivity index (χ1n) is 37.8. The molecule has 6 heteroatoms. The molecule has 490 valence electrons. The fourth-order valence-corrected chi connectivity index (χ4v) is 11.7. The molecule has 0 aliphatic rings. The van der Waals surface area contributed by atoms with Gasteiger partial charge in [0.2, 0.25) is 0 Å². The van der Waals surface area contributed by atoms with E-state index in [1.807, 2.05) is 0 Å². The standard InChI is InChI=1S/C77H146O6/c1-4-7-10-13-16-19-22-25-28-31-33-35-36-37-38-39-40-41-42-43-45-46-49-52-55-58-61-64-67-70-76(79)82-73-74(72-81-75(78)69-66-63-60-57-54-51-48-30-27-24-21-18-15-12-9-6-3)83-77(80)71-68-65-62-59-56-53-50-47-44-34-32-29-26-23-20-17-14-11-8-5-2/h30-31,33,48,74H,4-29,32,34-47,49-73H2,1-3H3/b33-31-,48-30-. The van der Waals surface area contributed by atoms with Crippen molar-refractivity contribution in [2.24, 2.45) is 0 Å². The second kappa shape index (κ2) is 72.4. The number of allylic oxidation sites excluding steroid dienone is 4. The number of rotatable bonds is 71. The Hall–Kier alpha value is -2.11. The highest BCUT2D eigenvalue weighted by molar-refractivity contribution is 5.71. The summed E-state index contributed by atoms with van der Waals surface area (Å²) >= 11 is 0. The molecule has 0 aromatic heterocycles. The summed E-state index contributed by atoms with van der Waals surface area (Å²) in [6.07, 6.45) is 89.4. The molecule has 0 radical (unpaired) electrons. The van der Waals surface area contributed by atoms with Crippen LogP contribution < -0.4 is 0 Å². The highest BCUT2D eigenvalue weighted by Crippen LogP contribution is 2.19. The van der Waals surface area contributed by atoms with E-state index in [2.05, 4.69) is 45.1 Å². The first-order chi connectivity index (χ1) is 41.0. The smallest absolute Gasteiger partial charge is 0.306 e. The average molecular weight is 1170 g/mol. The van der Waals surface area contributed by atoms with Crippen LogP contribution in [0, 0.1) is 0 Å². The van der Waals surface area contributed by atoms with Gasteiger partial charge in [0.05, 0.1) is 0 Å². The van der Waals surface area contributed by atoms with Crippen LogP contribution in [0.4, 0.5) is 0 Å². The largest absolute Gasteiger partial charge is 0.462 e. The molecular formula is C77H146O6. The minimum Gasteiger partial charge on any atom is -0.462 e. The van der Waals surface area contributed by atoms with Gasteiger partial charge in [0.15, 0.2) is 6.10 Å². The van der Waals surface area contributed by atoms with Gasteiger partial charge in [-0.25, -0.2) is 0 Å². The third kappa shape index (κ3) is 70.5. The highest BCUT2D eigenvalue weighted by Gasteiger charge is 2.20. The van der Waals surface area contributed by atoms with Crippen molar-refractivity contribution in [3.63, 3.8) is 0 Å². The monoisotopic (exact) mass is 1170 g/mol. The zero-order valence-electron chi connectivity index (χ0n) is 56.5. The number of carbonyl (C=O) groups is 3. The molecule has 0 fully saturated rings. The van der Waals surface area contributed by atoms with Gasteiger partial charge in [0, 0.05) is 19.3 Å². The molecule has 0 spiro atoms. The fraction of sp³-hybridized carbons (Fsp3) is 0.909. The minimum atomic E-state index is -0.772. The summed E-state index contributed by atoms with van der Waals surface area (Å²) in [6.45, 7) is 6.72. The fourth-order valence-electron chi connectivity index (χ4n) is 11.7. The zero-order valence-corrected chi connectivity index (χ0v) is 56.5. The second-order valence-electron chi connectivity index (χ2n) is 25.9. The van der Waals surface area contributed by atoms with Crippen molar-refractivity contribution in [3.05, 3.63) is 24.3 Å². The van der Waals surface area contributed by atoms with Crippen LogP contribution in [-0.2, 0) is 28.6 Å². The molecule has 0 aliphatic heterocycles. The number of carbonyl (C=O) groups excluding carboxylic acids is 3. The second-order valence-corrected chi connectivity index (χ2v) is 25.9. The highest BCUT2D eigenvalue weighted by atomic mass is 16.6. The van der Waals surface area contributed by atoms with Crippen LogP contribution >= 0.6 is 0 Å². The summed E-state index contributed by atoms with van der Waals surface area (Å²) in [6, 6.07) is 0. The third-order valence-corrected chi connectivity index (χ3v) is 17.4. The minimum absolute atomic E-state index is 0.0671. The van der Waals surface area contributed by atoms with E-state index in [1.165, 1.54) is 327 Å². The lowest BCUT2D eigenvalue weighted by Gasteiger charge is -2.18. The average Bonchev–Trinajstić information content (AvgIpc) is 3.49. The lowest BCUT2D eigenvalue weighted by molar-refractivity contribution is -0.167. The molecule has 1 atom stereocenters. The van der Waals surface area contributed by atoms with E-state index in [0.717, 1.165) is 64.2 Å². The van der Waals surface area contributed by atoms with Gasteiger partial charge in [-0.3, -0.25) is 14.4 Å². The van der Waals surface area contributed by atoms with Gasteiger partial charge in [-0.15, -0.1) is 0 Å². The SMILES string of the molecule is CCCCCCCCC/C=C\CCCCCCCC(=O)OCC(COC(=O)CCCCCCCCCCCCCCCCCCC/C=C\CCCCCCCCCC)OC(=O)CCCCCCCCCCCCCCCCCCCCCC. The van der Waals surface area contributed by atoms with Crippen molar-refractivity contribution in [1.82, 2.24) is 0 Å². The summed E-state index contributed by atoms with van der Waals surface area (Å²) in [5.74, 6) is -0.839. The third-order valence-electron chi connectivity index (χ3n) is 17.4. The Labute approximate surface area is 519 Å². The van der Waals surface area contributed by atoms with Crippen molar-refractivity contribution in [2.45, 2.75) is 438 Å². The molecule has 1 unspecified atom stereocenters. The predicted octanol–water partition coefficient (Wildman–Crippen LogP) is 26.1. The van der Waals surface area contributed by atoms with Crippen molar-refractivity contribution in [3.8, 4) is 0 Å². The first kappa shape index (κ1) is 80.9. The van der Waals surface area contributed by atoms with E-state index in [-0.39, 0.29) is 31.1 Å². The van der Waals surface area contributed by atoms with Gasteiger partial charge in [-0.1, -0.05) is 366 Å². The normalized spacial score (nSPS) is 12.1. The molecule has 0 saturated heterocycles. The molecule has 0 N–H and O–H groups in total. The van der Waals surface area contributed by atoms with E-state index in [0.29, 0.717) is 19.3 Å². The lowest BCUT2D eigenvalue weighted by Crippen LogP contribution is -2.30. The predicted molar refractivity (Wildman–Crippen MR) is 363 cm³/mol. The Kier molecular flexibility index (Phi) is 70.5. The number of esters is 3. The maximum absolute atomic E-state index is 13.0. The zero-order chi connectivity index (χ0) is 59.9. The molecule has 0 amide bonds. The molecule has 0 bridgehead atoms. The number of ether oxygens (including phenoxy) is 3. The lowest BCUT2D eigenvalue weighted by atomic mass is 10.0. The topological polar surface area (TPSA) is 78.9 Å². The molecule has 0 aromatic rings. The van der Waals surface area contributed by atoms with Crippen molar-refractivity contribution >= 4 is 17.9 Å². The Morgan fingerprint density at radius 1 is 0.229 bits per heavy atom. The maximum Gasteiger partial charge on any atom is 0.306 e. The van der Waals surface area contributed by atoms with Crippen LogP contribution in [0.1, 0.15) is 432 Å². The summed E-state index contributed by atoms with van der Waals surface area (Å²) in [5.41, 5.74) is 0. The van der Waals surface area contributed by atoms with Gasteiger partial charge in [0.1, 0.15) is 13.2 Å². The molecular weight excluding hydrogens is 1020 g/mol. The maximum atomic E-state index is 13.0. The van der Waals surface area contributed by atoms with Crippen molar-refractivity contribution in [2.75, 3.05) is 13.2 Å². The number of hydrogen-bond donors (Lipinski definition) is 0. The Balaban J connectivity index is 4.21. The van der Waals surface area contributed by atoms with Crippen LogP contribution in [-0.4, -0.2) is 37.2 Å². The Morgan fingerprint density at radius 3 is 0.602 bits per heavy atom. The first-order valence-corrected chi connectivity index (χ1v) is 37.8. The summed E-state index contributed by atoms with van der Waals surface area (Å²) in [7, 11) is 0. The van der Waals surface area contributed by atoms with Crippen LogP contribution in [0.2, 0.25) is 0 Å². The summed E-state index contributed by atoms with van der Waals surface area (Å²) in [5, 5.41) is 0. The summed E-state index contributed by atoms with van der Waals surface area (Å²) < 4.78 is 17.0. The molecule has 83 heavy (non-hydrogen) atoms. The summed E-state index contributed by atoms with van der Waals surface area (Å²) in [4.78, 5) is 38.5. The van der Waals surface area contributed by atoms with Crippen molar-refractivity contribution in [1.29, 1.82) is 0 Å². The van der Waals surface area contributed by atoms with E-state index in [4.69, 9.17) is 14.2 Å². The Bertz CT molecular complexity index is 1340. The van der Waals surface area contributed by atoms with E-state index >= 15 is 0 Å². The number of hydrogen-bond acceptors (Lipinski definition) is 6. The van der Waals surface area contributed by atoms with Gasteiger partial charge in [0.25, 0.3) is 0 Å². The van der Waals surface area contributed by atoms with E-state index < -0.39 is 6.10 Å². The van der Waals surface area contributed by atoms with Crippen molar-refractivity contribution < 1.29 is 28.6 Å².